The van der Waals surface area contributed by atoms with E-state index in [2.05, 4.69) is 11.1 Å². The van der Waals surface area contributed by atoms with Crippen molar-refractivity contribution in [3.8, 4) is 11.8 Å². The van der Waals surface area contributed by atoms with Gasteiger partial charge in [-0.2, -0.15) is 5.26 Å². The topological polar surface area (TPSA) is 41.6 Å². The Morgan fingerprint density at radius 3 is 2.67 bits per heavy atom. The van der Waals surface area contributed by atoms with Crippen LogP contribution in [0.2, 0.25) is 5.02 Å². The number of rotatable bonds is 2. The highest BCUT2D eigenvalue weighted by Crippen LogP contribution is 2.31. The van der Waals surface area contributed by atoms with E-state index in [1.807, 2.05) is 41.8 Å². The summed E-state index contributed by atoms with van der Waals surface area (Å²) in [6, 6.07) is 13.4. The first-order valence-corrected chi connectivity index (χ1v) is 7.30. The number of para-hydroxylation sites is 2. The SMILES string of the molecule is Cc1cccc(Cl)c1-n1c(CCl)nc2c(C#N)cccc21. The minimum absolute atomic E-state index is 0.240. The smallest absolute Gasteiger partial charge is 0.129 e. The Labute approximate surface area is 132 Å². The van der Waals surface area contributed by atoms with Crippen molar-refractivity contribution in [1.29, 1.82) is 5.26 Å². The number of aromatic nitrogens is 2. The highest BCUT2D eigenvalue weighted by molar-refractivity contribution is 6.32. The van der Waals surface area contributed by atoms with E-state index in [9.17, 15) is 5.26 Å². The summed E-state index contributed by atoms with van der Waals surface area (Å²) in [6.07, 6.45) is 0. The van der Waals surface area contributed by atoms with Gasteiger partial charge in [-0.05, 0) is 30.7 Å². The Hall–Kier alpha value is -2.02. The Morgan fingerprint density at radius 2 is 2.00 bits per heavy atom. The van der Waals surface area contributed by atoms with Crippen LogP contribution in [-0.4, -0.2) is 9.55 Å². The zero-order valence-corrected chi connectivity index (χ0v) is 12.8. The first kappa shape index (κ1) is 13.9. The molecule has 3 rings (SSSR count). The minimum atomic E-state index is 0.240. The third-order valence-electron chi connectivity index (χ3n) is 3.41. The molecule has 1 heterocycles. The van der Waals surface area contributed by atoms with Gasteiger partial charge in [-0.1, -0.05) is 29.8 Å². The van der Waals surface area contributed by atoms with Crippen molar-refractivity contribution in [3.05, 3.63) is 58.4 Å². The molecule has 0 N–H and O–H groups in total. The number of imidazole rings is 1. The highest BCUT2D eigenvalue weighted by atomic mass is 35.5. The lowest BCUT2D eigenvalue weighted by atomic mass is 10.1. The summed E-state index contributed by atoms with van der Waals surface area (Å²) in [5, 5.41) is 9.86. The van der Waals surface area contributed by atoms with Crippen molar-refractivity contribution in [2.24, 2.45) is 0 Å². The average Bonchev–Trinajstić information content (AvgIpc) is 2.86. The van der Waals surface area contributed by atoms with Crippen LogP contribution in [0.4, 0.5) is 0 Å². The fourth-order valence-corrected chi connectivity index (χ4v) is 2.97. The number of halogens is 2. The van der Waals surface area contributed by atoms with E-state index in [4.69, 9.17) is 23.2 Å². The molecule has 0 saturated carbocycles. The van der Waals surface area contributed by atoms with Crippen molar-refractivity contribution in [1.82, 2.24) is 9.55 Å². The molecule has 3 aromatic rings. The van der Waals surface area contributed by atoms with Gasteiger partial charge < -0.3 is 0 Å². The van der Waals surface area contributed by atoms with Crippen LogP contribution in [-0.2, 0) is 5.88 Å². The maximum atomic E-state index is 9.23. The molecule has 0 spiro atoms. The van der Waals surface area contributed by atoms with E-state index >= 15 is 0 Å². The summed E-state index contributed by atoms with van der Waals surface area (Å²) < 4.78 is 1.93. The van der Waals surface area contributed by atoms with Gasteiger partial charge in [0, 0.05) is 0 Å². The Kier molecular flexibility index (Phi) is 3.59. The van der Waals surface area contributed by atoms with E-state index in [0.29, 0.717) is 21.9 Å². The monoisotopic (exact) mass is 315 g/mol. The van der Waals surface area contributed by atoms with Crippen LogP contribution in [0.15, 0.2) is 36.4 Å². The van der Waals surface area contributed by atoms with Gasteiger partial charge >= 0.3 is 0 Å². The Bertz CT molecular complexity index is 855. The average molecular weight is 316 g/mol. The minimum Gasteiger partial charge on any atom is -0.293 e. The number of alkyl halides is 1. The van der Waals surface area contributed by atoms with Crippen LogP contribution < -0.4 is 0 Å². The first-order valence-electron chi connectivity index (χ1n) is 6.39. The van der Waals surface area contributed by atoms with Crippen molar-refractivity contribution < 1.29 is 0 Å². The standard InChI is InChI=1S/C16H11Cl2N3/c1-10-4-2-6-12(18)16(10)21-13-7-3-5-11(9-19)15(13)20-14(21)8-17/h2-7H,8H2,1H3. The molecule has 0 aliphatic carbocycles. The Morgan fingerprint density at radius 1 is 1.24 bits per heavy atom. The summed E-state index contributed by atoms with van der Waals surface area (Å²) in [6.45, 7) is 1.99. The molecule has 0 fully saturated rings. The van der Waals surface area contributed by atoms with Crippen LogP contribution in [0.3, 0.4) is 0 Å². The summed E-state index contributed by atoms with van der Waals surface area (Å²) in [5.74, 6) is 0.912. The third-order valence-corrected chi connectivity index (χ3v) is 3.95. The molecule has 21 heavy (non-hydrogen) atoms. The predicted molar refractivity (Wildman–Crippen MR) is 85.1 cm³/mol. The van der Waals surface area contributed by atoms with Gasteiger partial charge in [0.2, 0.25) is 0 Å². The molecule has 104 valence electrons. The van der Waals surface area contributed by atoms with Crippen molar-refractivity contribution >= 4 is 34.2 Å². The number of fused-ring (bicyclic) bond motifs is 1. The van der Waals surface area contributed by atoms with Gasteiger partial charge in [-0.25, -0.2) is 4.98 Å². The van der Waals surface area contributed by atoms with E-state index in [-0.39, 0.29) is 5.88 Å². The fraction of sp³-hybridized carbons (Fsp3) is 0.125. The maximum absolute atomic E-state index is 9.23. The van der Waals surface area contributed by atoms with Crippen LogP contribution in [0.1, 0.15) is 17.0 Å². The molecule has 0 unspecified atom stereocenters. The zero-order valence-electron chi connectivity index (χ0n) is 11.3. The quantitative estimate of drug-likeness (QED) is 0.648. The van der Waals surface area contributed by atoms with Gasteiger partial charge in [-0.3, -0.25) is 4.57 Å². The molecule has 2 aromatic carbocycles. The molecule has 0 radical (unpaired) electrons. The van der Waals surface area contributed by atoms with Gasteiger partial charge in [0.05, 0.1) is 27.7 Å². The number of nitriles is 1. The second-order valence-electron chi connectivity index (χ2n) is 4.69. The zero-order chi connectivity index (χ0) is 15.0. The molecule has 0 amide bonds. The predicted octanol–water partition coefficient (Wildman–Crippen LogP) is 4.60. The van der Waals surface area contributed by atoms with Crippen molar-refractivity contribution in [2.75, 3.05) is 0 Å². The number of hydrogen-bond donors (Lipinski definition) is 0. The lowest BCUT2D eigenvalue weighted by molar-refractivity contribution is 0.972. The first-order chi connectivity index (χ1) is 10.2. The number of hydrogen-bond acceptors (Lipinski definition) is 2. The number of nitrogens with zero attached hydrogens (tertiary/aromatic N) is 3. The molecular formula is C16H11Cl2N3. The van der Waals surface area contributed by atoms with Crippen LogP contribution in [0.5, 0.6) is 0 Å². The van der Waals surface area contributed by atoms with Gasteiger partial charge in [0.25, 0.3) is 0 Å². The second kappa shape index (κ2) is 5.40. The molecule has 5 heteroatoms. The second-order valence-corrected chi connectivity index (χ2v) is 5.36. The lowest BCUT2D eigenvalue weighted by Gasteiger charge is -2.13. The summed E-state index contributed by atoms with van der Waals surface area (Å²) >= 11 is 12.4. The summed E-state index contributed by atoms with van der Waals surface area (Å²) in [7, 11) is 0. The summed E-state index contributed by atoms with van der Waals surface area (Å²) in [5.41, 5.74) is 3.89. The van der Waals surface area contributed by atoms with Gasteiger partial charge in [0.15, 0.2) is 0 Å². The maximum Gasteiger partial charge on any atom is 0.129 e. The van der Waals surface area contributed by atoms with Crippen LogP contribution in [0.25, 0.3) is 16.7 Å². The molecular weight excluding hydrogens is 305 g/mol. The lowest BCUT2D eigenvalue weighted by Crippen LogP contribution is -2.02. The molecule has 0 saturated heterocycles. The van der Waals surface area contributed by atoms with E-state index < -0.39 is 0 Å². The molecule has 0 bridgehead atoms. The van der Waals surface area contributed by atoms with Crippen LogP contribution in [0, 0.1) is 18.3 Å². The molecule has 0 aliphatic rings. The Balaban J connectivity index is 2.45. The normalized spacial score (nSPS) is 10.8. The highest BCUT2D eigenvalue weighted by Gasteiger charge is 2.17. The van der Waals surface area contributed by atoms with Crippen LogP contribution >= 0.6 is 23.2 Å². The molecule has 3 nitrogen and oxygen atoms in total. The van der Waals surface area contributed by atoms with Gasteiger partial charge in [-0.15, -0.1) is 11.6 Å². The number of benzene rings is 2. The number of aryl methyl sites for hydroxylation is 1. The van der Waals surface area contributed by atoms with E-state index in [1.165, 1.54) is 0 Å². The summed E-state index contributed by atoms with van der Waals surface area (Å²) in [4.78, 5) is 4.51. The van der Waals surface area contributed by atoms with Crippen molar-refractivity contribution in [2.45, 2.75) is 12.8 Å². The fourth-order valence-electron chi connectivity index (χ4n) is 2.48. The third kappa shape index (κ3) is 2.17. The largest absolute Gasteiger partial charge is 0.293 e. The molecule has 0 aliphatic heterocycles. The molecule has 0 atom stereocenters. The van der Waals surface area contributed by atoms with Gasteiger partial charge in [0.1, 0.15) is 17.4 Å². The van der Waals surface area contributed by atoms with E-state index in [1.54, 1.807) is 6.07 Å². The van der Waals surface area contributed by atoms with Crippen molar-refractivity contribution in [3.63, 3.8) is 0 Å². The molecule has 1 aromatic heterocycles. The van der Waals surface area contributed by atoms with E-state index in [0.717, 1.165) is 16.8 Å².